The van der Waals surface area contributed by atoms with Crippen LogP contribution in [-0.2, 0) is 12.8 Å². The second-order valence-electron chi connectivity index (χ2n) is 4.88. The maximum atomic E-state index is 9.16. The zero-order valence-electron chi connectivity index (χ0n) is 10.6. The van der Waals surface area contributed by atoms with E-state index in [1.807, 2.05) is 6.07 Å². The Hall–Kier alpha value is -1.56. The first-order valence-corrected chi connectivity index (χ1v) is 6.41. The molecule has 1 aromatic heterocycles. The largest absolute Gasteiger partial charge is 0.369 e. The van der Waals surface area contributed by atoms with Crippen LogP contribution in [0, 0.1) is 17.2 Å². The van der Waals surface area contributed by atoms with Crippen LogP contribution in [0.3, 0.4) is 0 Å². The van der Waals surface area contributed by atoms with Gasteiger partial charge in [-0.25, -0.2) is 4.98 Å². The molecule has 1 unspecified atom stereocenters. The molecule has 3 nitrogen and oxygen atoms in total. The van der Waals surface area contributed by atoms with Gasteiger partial charge in [0.2, 0.25) is 0 Å². The summed E-state index contributed by atoms with van der Waals surface area (Å²) in [6.45, 7) is 5.24. The Morgan fingerprint density at radius 1 is 1.59 bits per heavy atom. The van der Waals surface area contributed by atoms with Gasteiger partial charge in [-0.3, -0.25) is 0 Å². The zero-order valence-corrected chi connectivity index (χ0v) is 10.6. The number of nitrogens with zero attached hydrogens (tertiary/aromatic N) is 2. The van der Waals surface area contributed by atoms with Gasteiger partial charge >= 0.3 is 0 Å². The van der Waals surface area contributed by atoms with Crippen LogP contribution in [0.4, 0.5) is 5.82 Å². The van der Waals surface area contributed by atoms with Gasteiger partial charge in [0.25, 0.3) is 0 Å². The van der Waals surface area contributed by atoms with Crippen molar-refractivity contribution in [3.05, 3.63) is 22.9 Å². The lowest BCUT2D eigenvalue weighted by molar-refractivity contribution is 0.494. The third kappa shape index (κ3) is 2.58. The Kier molecular flexibility index (Phi) is 3.63. The van der Waals surface area contributed by atoms with Crippen LogP contribution >= 0.6 is 0 Å². The van der Waals surface area contributed by atoms with Crippen LogP contribution in [0.5, 0.6) is 0 Å². The molecule has 0 bridgehead atoms. The Morgan fingerprint density at radius 2 is 2.41 bits per heavy atom. The fourth-order valence-corrected chi connectivity index (χ4v) is 2.31. The van der Waals surface area contributed by atoms with Gasteiger partial charge in [0.1, 0.15) is 11.9 Å². The minimum absolute atomic E-state index is 0.686. The molecule has 0 aromatic carbocycles. The van der Waals surface area contributed by atoms with E-state index in [0.717, 1.165) is 31.6 Å². The van der Waals surface area contributed by atoms with E-state index < -0.39 is 0 Å². The summed E-state index contributed by atoms with van der Waals surface area (Å²) >= 11 is 0. The molecule has 90 valence electrons. The number of anilines is 1. The van der Waals surface area contributed by atoms with Gasteiger partial charge in [-0.05, 0) is 43.2 Å². The van der Waals surface area contributed by atoms with Gasteiger partial charge in [0.15, 0.2) is 0 Å². The van der Waals surface area contributed by atoms with E-state index in [1.165, 1.54) is 17.7 Å². The fraction of sp³-hybridized carbons (Fsp3) is 0.571. The number of fused-ring (bicyclic) bond motifs is 1. The summed E-state index contributed by atoms with van der Waals surface area (Å²) < 4.78 is 0. The number of aryl methyl sites for hydroxylation is 1. The molecule has 1 aliphatic rings. The molecule has 1 N–H and O–H groups in total. The maximum Gasteiger partial charge on any atom is 0.144 e. The highest BCUT2D eigenvalue weighted by molar-refractivity contribution is 5.54. The van der Waals surface area contributed by atoms with E-state index in [4.69, 9.17) is 5.26 Å². The van der Waals surface area contributed by atoms with E-state index in [-0.39, 0.29) is 0 Å². The molecule has 0 spiro atoms. The summed E-state index contributed by atoms with van der Waals surface area (Å²) in [7, 11) is 0. The van der Waals surface area contributed by atoms with Crippen molar-refractivity contribution in [1.29, 1.82) is 5.26 Å². The summed E-state index contributed by atoms with van der Waals surface area (Å²) in [5.74, 6) is 1.48. The second-order valence-corrected chi connectivity index (χ2v) is 4.88. The van der Waals surface area contributed by atoms with E-state index >= 15 is 0 Å². The Balaban J connectivity index is 2.32. The van der Waals surface area contributed by atoms with Gasteiger partial charge in [0.05, 0.1) is 5.56 Å². The number of hydrogen-bond donors (Lipinski definition) is 1. The standard InChI is InChI=1S/C14H19N3/c1-3-6-16-14-12(9-15)8-11-7-10(2)4-5-13(11)17-14/h8,10H,3-7H2,1-2H3,(H,16,17). The van der Waals surface area contributed by atoms with Gasteiger partial charge in [-0.15, -0.1) is 0 Å². The normalized spacial score (nSPS) is 18.3. The fourth-order valence-electron chi connectivity index (χ4n) is 2.31. The predicted octanol–water partition coefficient (Wildman–Crippen LogP) is 2.90. The Labute approximate surface area is 103 Å². The highest BCUT2D eigenvalue weighted by atomic mass is 15.0. The number of nitriles is 1. The molecule has 1 atom stereocenters. The highest BCUT2D eigenvalue weighted by Gasteiger charge is 2.18. The average Bonchev–Trinajstić information content (AvgIpc) is 2.35. The third-order valence-corrected chi connectivity index (χ3v) is 3.30. The van der Waals surface area contributed by atoms with Crippen molar-refractivity contribution in [3.8, 4) is 6.07 Å². The molecule has 1 aromatic rings. The minimum atomic E-state index is 0.686. The van der Waals surface area contributed by atoms with Crippen LogP contribution < -0.4 is 5.32 Å². The molecule has 2 rings (SSSR count). The Bertz CT molecular complexity index is 446. The number of pyridine rings is 1. The van der Waals surface area contributed by atoms with Crippen LogP contribution in [-0.4, -0.2) is 11.5 Å². The van der Waals surface area contributed by atoms with Crippen molar-refractivity contribution in [3.63, 3.8) is 0 Å². The third-order valence-electron chi connectivity index (χ3n) is 3.30. The van der Waals surface area contributed by atoms with Crippen molar-refractivity contribution < 1.29 is 0 Å². The van der Waals surface area contributed by atoms with Crippen LogP contribution in [0.1, 0.15) is 43.5 Å². The molecule has 0 radical (unpaired) electrons. The number of nitrogens with one attached hydrogen (secondary N) is 1. The summed E-state index contributed by atoms with van der Waals surface area (Å²) in [6, 6.07) is 4.27. The topological polar surface area (TPSA) is 48.7 Å². The van der Waals surface area contributed by atoms with Gasteiger partial charge in [0, 0.05) is 12.2 Å². The van der Waals surface area contributed by atoms with Crippen LogP contribution in [0.2, 0.25) is 0 Å². The summed E-state index contributed by atoms with van der Waals surface area (Å²) in [5, 5.41) is 12.4. The molecular formula is C14H19N3. The molecule has 1 aliphatic carbocycles. The maximum absolute atomic E-state index is 9.16. The second kappa shape index (κ2) is 5.18. The summed E-state index contributed by atoms with van der Waals surface area (Å²) in [4.78, 5) is 4.62. The highest BCUT2D eigenvalue weighted by Crippen LogP contribution is 2.27. The van der Waals surface area contributed by atoms with E-state index in [2.05, 4.69) is 30.2 Å². The van der Waals surface area contributed by atoms with Gasteiger partial charge in [-0.2, -0.15) is 5.26 Å². The van der Waals surface area contributed by atoms with Crippen LogP contribution in [0.25, 0.3) is 0 Å². The lowest BCUT2D eigenvalue weighted by atomic mass is 9.87. The molecule has 0 saturated carbocycles. The smallest absolute Gasteiger partial charge is 0.144 e. The first kappa shape index (κ1) is 11.9. The first-order valence-electron chi connectivity index (χ1n) is 6.41. The average molecular weight is 229 g/mol. The summed E-state index contributed by atoms with van der Waals surface area (Å²) in [5.41, 5.74) is 3.13. The monoisotopic (exact) mass is 229 g/mol. The lowest BCUT2D eigenvalue weighted by Gasteiger charge is -2.21. The molecule has 0 saturated heterocycles. The van der Waals surface area contributed by atoms with Crippen molar-refractivity contribution in [1.82, 2.24) is 4.98 Å². The van der Waals surface area contributed by atoms with Gasteiger partial charge in [-0.1, -0.05) is 13.8 Å². The van der Waals surface area contributed by atoms with Gasteiger partial charge < -0.3 is 5.32 Å². The van der Waals surface area contributed by atoms with Crippen LogP contribution in [0.15, 0.2) is 6.07 Å². The first-order chi connectivity index (χ1) is 8.24. The molecule has 17 heavy (non-hydrogen) atoms. The van der Waals surface area contributed by atoms with E-state index in [1.54, 1.807) is 0 Å². The summed E-state index contributed by atoms with van der Waals surface area (Å²) in [6.07, 6.45) is 4.36. The van der Waals surface area contributed by atoms with Crippen molar-refractivity contribution in [2.75, 3.05) is 11.9 Å². The molecule has 0 aliphatic heterocycles. The molecule has 1 heterocycles. The van der Waals surface area contributed by atoms with Crippen molar-refractivity contribution in [2.24, 2.45) is 5.92 Å². The predicted molar refractivity (Wildman–Crippen MR) is 68.9 cm³/mol. The van der Waals surface area contributed by atoms with E-state index in [9.17, 15) is 0 Å². The number of hydrogen-bond acceptors (Lipinski definition) is 3. The quantitative estimate of drug-likeness (QED) is 0.867. The number of rotatable bonds is 3. The molecule has 0 fully saturated rings. The minimum Gasteiger partial charge on any atom is -0.369 e. The molecular weight excluding hydrogens is 210 g/mol. The number of aromatic nitrogens is 1. The molecule has 3 heteroatoms. The SMILES string of the molecule is CCCNc1nc2c(cc1C#N)CC(C)CC2. The zero-order chi connectivity index (χ0) is 12.3. The molecule has 0 amide bonds. The van der Waals surface area contributed by atoms with Crippen molar-refractivity contribution >= 4 is 5.82 Å². The van der Waals surface area contributed by atoms with E-state index in [0.29, 0.717) is 11.5 Å². The van der Waals surface area contributed by atoms with Crippen molar-refractivity contribution in [2.45, 2.75) is 39.5 Å². The lowest BCUT2D eigenvalue weighted by Crippen LogP contribution is -2.15. The Morgan fingerprint density at radius 3 is 3.12 bits per heavy atom.